The standard InChI is InChI=1S/C16H22O3/c1-3-4-5-13-6-8-14(9-7-13)15(17)10-12(2)11-16(18)19/h6-9,12H,3-5,10-11H2,1-2H3,(H,18,19)/t12-/m0/s1. The third-order valence-corrected chi connectivity index (χ3v) is 3.15. The van der Waals surface area contributed by atoms with E-state index in [4.69, 9.17) is 5.11 Å². The van der Waals surface area contributed by atoms with Gasteiger partial charge in [-0.3, -0.25) is 9.59 Å². The lowest BCUT2D eigenvalue weighted by molar-refractivity contribution is -0.137. The van der Waals surface area contributed by atoms with Crippen LogP contribution < -0.4 is 0 Å². The fourth-order valence-electron chi connectivity index (χ4n) is 2.04. The lowest BCUT2D eigenvalue weighted by atomic mass is 9.96. The molecule has 19 heavy (non-hydrogen) atoms. The molecule has 0 spiro atoms. The van der Waals surface area contributed by atoms with Crippen LogP contribution in [0.25, 0.3) is 0 Å². The molecule has 0 saturated carbocycles. The molecule has 0 unspecified atom stereocenters. The predicted molar refractivity (Wildman–Crippen MR) is 75.4 cm³/mol. The Hall–Kier alpha value is -1.64. The van der Waals surface area contributed by atoms with Gasteiger partial charge in [-0.25, -0.2) is 0 Å². The van der Waals surface area contributed by atoms with Gasteiger partial charge < -0.3 is 5.11 Å². The predicted octanol–water partition coefficient (Wildman–Crippen LogP) is 3.71. The highest BCUT2D eigenvalue weighted by Crippen LogP contribution is 2.14. The van der Waals surface area contributed by atoms with Gasteiger partial charge in [-0.2, -0.15) is 0 Å². The first-order valence-electron chi connectivity index (χ1n) is 6.86. The summed E-state index contributed by atoms with van der Waals surface area (Å²) in [6, 6.07) is 7.68. The number of rotatable bonds is 8. The van der Waals surface area contributed by atoms with Crippen LogP contribution in [0.2, 0.25) is 0 Å². The molecule has 0 aromatic heterocycles. The van der Waals surface area contributed by atoms with Gasteiger partial charge in [0.2, 0.25) is 0 Å². The number of Topliss-reactive ketones (excluding diaryl/α,β-unsaturated/α-hetero) is 1. The van der Waals surface area contributed by atoms with Crippen molar-refractivity contribution in [1.29, 1.82) is 0 Å². The number of benzene rings is 1. The van der Waals surface area contributed by atoms with Crippen molar-refractivity contribution in [3.05, 3.63) is 35.4 Å². The molecule has 1 aromatic rings. The van der Waals surface area contributed by atoms with E-state index >= 15 is 0 Å². The van der Waals surface area contributed by atoms with Gasteiger partial charge in [-0.15, -0.1) is 0 Å². The summed E-state index contributed by atoms with van der Waals surface area (Å²) >= 11 is 0. The molecule has 0 aliphatic carbocycles. The molecule has 0 saturated heterocycles. The fraction of sp³-hybridized carbons (Fsp3) is 0.500. The molecule has 0 radical (unpaired) electrons. The van der Waals surface area contributed by atoms with Crippen LogP contribution in [0.3, 0.4) is 0 Å². The summed E-state index contributed by atoms with van der Waals surface area (Å²) in [5.41, 5.74) is 1.93. The van der Waals surface area contributed by atoms with Gasteiger partial charge in [-0.1, -0.05) is 44.5 Å². The van der Waals surface area contributed by atoms with Crippen LogP contribution in [0.1, 0.15) is 55.5 Å². The summed E-state index contributed by atoms with van der Waals surface area (Å²) in [7, 11) is 0. The van der Waals surface area contributed by atoms with Gasteiger partial charge in [0.25, 0.3) is 0 Å². The van der Waals surface area contributed by atoms with Crippen molar-refractivity contribution in [2.75, 3.05) is 0 Å². The van der Waals surface area contributed by atoms with Crippen molar-refractivity contribution in [3.8, 4) is 0 Å². The Balaban J connectivity index is 2.55. The first-order valence-corrected chi connectivity index (χ1v) is 6.86. The second-order valence-corrected chi connectivity index (χ2v) is 5.13. The Morgan fingerprint density at radius 2 is 1.79 bits per heavy atom. The molecule has 1 N–H and O–H groups in total. The molecule has 3 nitrogen and oxygen atoms in total. The van der Waals surface area contributed by atoms with Gasteiger partial charge in [-0.05, 0) is 24.3 Å². The monoisotopic (exact) mass is 262 g/mol. The van der Waals surface area contributed by atoms with Gasteiger partial charge in [0, 0.05) is 18.4 Å². The smallest absolute Gasteiger partial charge is 0.303 e. The van der Waals surface area contributed by atoms with Gasteiger partial charge in [0.15, 0.2) is 5.78 Å². The zero-order chi connectivity index (χ0) is 14.3. The maximum atomic E-state index is 12.0. The summed E-state index contributed by atoms with van der Waals surface area (Å²) in [6.07, 6.45) is 3.69. The second-order valence-electron chi connectivity index (χ2n) is 5.13. The highest BCUT2D eigenvalue weighted by atomic mass is 16.4. The van der Waals surface area contributed by atoms with Crippen LogP contribution in [0, 0.1) is 5.92 Å². The summed E-state index contributed by atoms with van der Waals surface area (Å²) in [5, 5.41) is 8.67. The number of aliphatic carboxylic acids is 1. The lowest BCUT2D eigenvalue weighted by Gasteiger charge is -2.08. The van der Waals surface area contributed by atoms with Crippen LogP contribution in [-0.2, 0) is 11.2 Å². The van der Waals surface area contributed by atoms with Crippen LogP contribution in [0.5, 0.6) is 0 Å². The van der Waals surface area contributed by atoms with E-state index in [0.717, 1.165) is 19.3 Å². The normalized spacial score (nSPS) is 12.1. The van der Waals surface area contributed by atoms with E-state index in [0.29, 0.717) is 12.0 Å². The molecule has 0 aliphatic rings. The Morgan fingerprint density at radius 3 is 2.32 bits per heavy atom. The first kappa shape index (κ1) is 15.4. The van der Waals surface area contributed by atoms with Crippen LogP contribution >= 0.6 is 0 Å². The number of carbonyl (C=O) groups excluding carboxylic acids is 1. The number of aryl methyl sites for hydroxylation is 1. The van der Waals surface area contributed by atoms with Crippen molar-refractivity contribution in [2.45, 2.75) is 46.0 Å². The number of carbonyl (C=O) groups is 2. The molecule has 3 heteroatoms. The van der Waals surface area contributed by atoms with E-state index in [9.17, 15) is 9.59 Å². The molecule has 1 atom stereocenters. The molecular weight excluding hydrogens is 240 g/mol. The number of hydrogen-bond acceptors (Lipinski definition) is 2. The largest absolute Gasteiger partial charge is 0.481 e. The van der Waals surface area contributed by atoms with E-state index < -0.39 is 5.97 Å². The molecule has 104 valence electrons. The molecule has 1 rings (SSSR count). The average molecular weight is 262 g/mol. The molecule has 0 fully saturated rings. The van der Waals surface area contributed by atoms with Crippen molar-refractivity contribution in [3.63, 3.8) is 0 Å². The topological polar surface area (TPSA) is 54.4 Å². The summed E-state index contributed by atoms with van der Waals surface area (Å²) in [6.45, 7) is 3.95. The number of carboxylic acid groups (broad SMARTS) is 1. The third kappa shape index (κ3) is 5.69. The average Bonchev–Trinajstić information content (AvgIpc) is 2.35. The van der Waals surface area contributed by atoms with E-state index in [2.05, 4.69) is 6.92 Å². The Kier molecular flexibility index (Phi) is 6.26. The number of unbranched alkanes of at least 4 members (excludes halogenated alkanes) is 1. The van der Waals surface area contributed by atoms with Crippen molar-refractivity contribution in [1.82, 2.24) is 0 Å². The molecular formula is C16H22O3. The quantitative estimate of drug-likeness (QED) is 0.726. The van der Waals surface area contributed by atoms with Crippen molar-refractivity contribution in [2.24, 2.45) is 5.92 Å². The van der Waals surface area contributed by atoms with Gasteiger partial charge in [0.1, 0.15) is 0 Å². The fourth-order valence-corrected chi connectivity index (χ4v) is 2.04. The van der Waals surface area contributed by atoms with Crippen LogP contribution in [-0.4, -0.2) is 16.9 Å². The summed E-state index contributed by atoms with van der Waals surface area (Å²) in [5.74, 6) is -0.948. The molecule has 0 bridgehead atoms. The minimum Gasteiger partial charge on any atom is -0.481 e. The minimum absolute atomic E-state index is 0.0239. The van der Waals surface area contributed by atoms with E-state index in [1.54, 1.807) is 6.92 Å². The SMILES string of the molecule is CCCCc1ccc(C(=O)C[C@H](C)CC(=O)O)cc1. The van der Waals surface area contributed by atoms with Crippen molar-refractivity contribution < 1.29 is 14.7 Å². The van der Waals surface area contributed by atoms with Crippen molar-refractivity contribution >= 4 is 11.8 Å². The van der Waals surface area contributed by atoms with Crippen LogP contribution in [0.15, 0.2) is 24.3 Å². The number of ketones is 1. The van der Waals surface area contributed by atoms with E-state index in [-0.39, 0.29) is 18.1 Å². The Morgan fingerprint density at radius 1 is 1.16 bits per heavy atom. The molecule has 0 amide bonds. The number of carboxylic acids is 1. The third-order valence-electron chi connectivity index (χ3n) is 3.15. The van der Waals surface area contributed by atoms with Crippen LogP contribution in [0.4, 0.5) is 0 Å². The lowest BCUT2D eigenvalue weighted by Crippen LogP contribution is -2.10. The first-order chi connectivity index (χ1) is 9.02. The maximum absolute atomic E-state index is 12.0. The van der Waals surface area contributed by atoms with E-state index in [1.807, 2.05) is 24.3 Å². The Labute approximate surface area is 114 Å². The van der Waals surface area contributed by atoms with E-state index in [1.165, 1.54) is 5.56 Å². The zero-order valence-corrected chi connectivity index (χ0v) is 11.7. The molecule has 1 aromatic carbocycles. The summed E-state index contributed by atoms with van der Waals surface area (Å²) < 4.78 is 0. The highest BCUT2D eigenvalue weighted by molar-refractivity contribution is 5.96. The number of hydrogen-bond donors (Lipinski definition) is 1. The molecule has 0 heterocycles. The van der Waals surface area contributed by atoms with Gasteiger partial charge in [0.05, 0.1) is 0 Å². The second kappa shape index (κ2) is 7.72. The highest BCUT2D eigenvalue weighted by Gasteiger charge is 2.14. The Bertz CT molecular complexity index is 420. The summed E-state index contributed by atoms with van der Waals surface area (Å²) in [4.78, 5) is 22.5. The maximum Gasteiger partial charge on any atom is 0.303 e. The van der Waals surface area contributed by atoms with Gasteiger partial charge >= 0.3 is 5.97 Å². The molecule has 0 aliphatic heterocycles. The zero-order valence-electron chi connectivity index (χ0n) is 11.7. The minimum atomic E-state index is -0.852.